The highest BCUT2D eigenvalue weighted by molar-refractivity contribution is 9.09. The second kappa shape index (κ2) is 10.4. The smallest absolute Gasteiger partial charge is 0.259 e. The number of fused-ring (bicyclic) bond motifs is 1. The fraction of sp³-hybridized carbons (Fsp3) is 0.450. The number of hydrogen-bond acceptors (Lipinski definition) is 4. The van der Waals surface area contributed by atoms with Gasteiger partial charge in [-0.1, -0.05) is 48.5 Å². The van der Waals surface area contributed by atoms with Gasteiger partial charge in [0.25, 0.3) is 11.8 Å². The summed E-state index contributed by atoms with van der Waals surface area (Å²) in [5.41, 5.74) is 2.44. The van der Waals surface area contributed by atoms with Crippen LogP contribution in [-0.4, -0.2) is 42.9 Å². The van der Waals surface area contributed by atoms with Crippen molar-refractivity contribution in [3.05, 3.63) is 47.0 Å². The number of imide groups is 1. The number of nitrogens with one attached hydrogen (secondary N) is 2. The highest BCUT2D eigenvalue weighted by Crippen LogP contribution is 2.32. The minimum atomic E-state index is -0.298. The van der Waals surface area contributed by atoms with Crippen molar-refractivity contribution in [2.24, 2.45) is 0 Å². The molecule has 6 nitrogen and oxygen atoms in total. The van der Waals surface area contributed by atoms with Crippen molar-refractivity contribution in [2.75, 3.05) is 14.1 Å². The van der Waals surface area contributed by atoms with Gasteiger partial charge in [0.05, 0.1) is 17.3 Å². The van der Waals surface area contributed by atoms with Crippen LogP contribution < -0.4 is 10.6 Å². The molecule has 0 fully saturated rings. The number of hydrogen-bond donors (Lipinski definition) is 2. The average Bonchev–Trinajstić information content (AvgIpc) is 2.93. The molecule has 1 aromatic rings. The Morgan fingerprint density at radius 2 is 1.85 bits per heavy atom. The van der Waals surface area contributed by atoms with E-state index in [2.05, 4.69) is 33.1 Å². The molecule has 0 aromatic heterocycles. The van der Waals surface area contributed by atoms with Gasteiger partial charge in [-0.25, -0.2) is 0 Å². The van der Waals surface area contributed by atoms with E-state index in [4.69, 9.17) is 0 Å². The van der Waals surface area contributed by atoms with E-state index < -0.39 is 0 Å². The first-order valence-corrected chi connectivity index (χ1v) is 9.80. The quantitative estimate of drug-likeness (QED) is 0.309. The van der Waals surface area contributed by atoms with Crippen molar-refractivity contribution in [1.29, 1.82) is 0 Å². The maximum absolute atomic E-state index is 11.6. The predicted molar refractivity (Wildman–Crippen MR) is 111 cm³/mol. The number of halogens is 1. The molecule has 148 valence electrons. The topological polar surface area (TPSA) is 78.5 Å². The first-order chi connectivity index (χ1) is 12.6. The minimum Gasteiger partial charge on any atom is -0.337 e. The van der Waals surface area contributed by atoms with Gasteiger partial charge in [-0.3, -0.25) is 24.6 Å². The fourth-order valence-corrected chi connectivity index (χ4v) is 2.98. The summed E-state index contributed by atoms with van der Waals surface area (Å²) >= 11 is 3.49. The summed E-state index contributed by atoms with van der Waals surface area (Å²) in [6.07, 6.45) is 1.87. The Balaban J connectivity index is 0.000000279. The highest BCUT2D eigenvalue weighted by Gasteiger charge is 2.30. The van der Waals surface area contributed by atoms with Gasteiger partial charge in [-0.05, 0) is 45.5 Å². The Morgan fingerprint density at radius 1 is 1.22 bits per heavy atom. The van der Waals surface area contributed by atoms with Crippen molar-refractivity contribution in [3.63, 3.8) is 0 Å². The van der Waals surface area contributed by atoms with Gasteiger partial charge in [0.2, 0.25) is 5.91 Å². The van der Waals surface area contributed by atoms with Crippen LogP contribution in [0.15, 0.2) is 30.4 Å². The first-order valence-electron chi connectivity index (χ1n) is 8.89. The molecule has 0 bridgehead atoms. The summed E-state index contributed by atoms with van der Waals surface area (Å²) in [5, 5.41) is 5.16. The number of carbonyl (C=O) groups is 3. The van der Waals surface area contributed by atoms with Crippen LogP contribution in [0.3, 0.4) is 0 Å². The maximum Gasteiger partial charge on any atom is 0.259 e. The fourth-order valence-electron chi connectivity index (χ4n) is 2.60. The van der Waals surface area contributed by atoms with E-state index in [0.29, 0.717) is 16.7 Å². The van der Waals surface area contributed by atoms with E-state index in [0.717, 1.165) is 18.4 Å². The van der Waals surface area contributed by atoms with Gasteiger partial charge < -0.3 is 5.32 Å². The molecular weight excluding hydrogens is 410 g/mol. The molecule has 3 amide bonds. The molecule has 2 rings (SSSR count). The highest BCUT2D eigenvalue weighted by atomic mass is 79.9. The van der Waals surface area contributed by atoms with Gasteiger partial charge in [0, 0.05) is 10.4 Å². The van der Waals surface area contributed by atoms with Gasteiger partial charge >= 0.3 is 0 Å². The molecule has 27 heavy (non-hydrogen) atoms. The molecule has 0 radical (unpaired) electrons. The Labute approximate surface area is 169 Å². The molecule has 1 aliphatic heterocycles. The molecule has 2 unspecified atom stereocenters. The predicted octanol–water partition coefficient (Wildman–Crippen LogP) is 3.39. The van der Waals surface area contributed by atoms with E-state index in [1.54, 1.807) is 19.1 Å². The van der Waals surface area contributed by atoms with E-state index >= 15 is 0 Å². The summed E-state index contributed by atoms with van der Waals surface area (Å²) in [6.45, 7) is 9.33. The molecule has 0 spiro atoms. The van der Waals surface area contributed by atoms with Crippen LogP contribution in [0.2, 0.25) is 0 Å². The lowest BCUT2D eigenvalue weighted by atomic mass is 9.99. The Morgan fingerprint density at radius 3 is 2.33 bits per heavy atom. The SMILES string of the molecule is C=C(C)C(=O)NC(CC)N(C)C.CCC(Br)c1cccc2c1C(=O)NC2=O. The van der Waals surface area contributed by atoms with E-state index in [1.807, 2.05) is 38.9 Å². The van der Waals surface area contributed by atoms with Gasteiger partial charge in [-0.2, -0.15) is 0 Å². The molecule has 2 atom stereocenters. The number of amides is 3. The molecule has 0 saturated heterocycles. The zero-order valence-electron chi connectivity index (χ0n) is 16.6. The molecule has 2 N–H and O–H groups in total. The third-order valence-electron chi connectivity index (χ3n) is 4.19. The number of rotatable bonds is 6. The third kappa shape index (κ3) is 6.01. The lowest BCUT2D eigenvalue weighted by Gasteiger charge is -2.23. The minimum absolute atomic E-state index is 0.0736. The summed E-state index contributed by atoms with van der Waals surface area (Å²) in [6, 6.07) is 5.35. The van der Waals surface area contributed by atoms with Crippen LogP contribution in [-0.2, 0) is 4.79 Å². The van der Waals surface area contributed by atoms with E-state index in [9.17, 15) is 14.4 Å². The standard InChI is InChI=1S/C11H10BrNO2.C9H18N2O/c1-2-8(12)6-4-3-5-7-9(6)11(15)13-10(7)14;1-6-8(11(4)5)10-9(12)7(2)3/h3-5,8H,2H2,1H3,(H,13,14,15);8H,2,6H2,1,3-5H3,(H,10,12). The zero-order valence-corrected chi connectivity index (χ0v) is 18.1. The van der Waals surface area contributed by atoms with Crippen LogP contribution in [0.4, 0.5) is 0 Å². The number of alkyl halides is 1. The monoisotopic (exact) mass is 437 g/mol. The number of nitrogens with zero attached hydrogens (tertiary/aromatic N) is 1. The molecule has 1 aromatic carbocycles. The van der Waals surface area contributed by atoms with Crippen molar-refractivity contribution >= 4 is 33.7 Å². The third-order valence-corrected chi connectivity index (χ3v) is 5.33. The summed E-state index contributed by atoms with van der Waals surface area (Å²) in [5.74, 6) is -0.660. The summed E-state index contributed by atoms with van der Waals surface area (Å²) in [7, 11) is 3.87. The zero-order chi connectivity index (χ0) is 20.7. The second-order valence-corrected chi connectivity index (χ2v) is 7.68. The Kier molecular flexibility index (Phi) is 8.85. The van der Waals surface area contributed by atoms with Crippen LogP contribution in [0, 0.1) is 0 Å². The van der Waals surface area contributed by atoms with Gasteiger partial charge in [0.15, 0.2) is 0 Å². The van der Waals surface area contributed by atoms with Gasteiger partial charge in [0.1, 0.15) is 0 Å². The first kappa shape index (κ1) is 23.0. The molecule has 7 heteroatoms. The second-order valence-electron chi connectivity index (χ2n) is 6.57. The lowest BCUT2D eigenvalue weighted by molar-refractivity contribution is -0.119. The molecule has 0 aliphatic carbocycles. The van der Waals surface area contributed by atoms with Crippen LogP contribution in [0.1, 0.15) is 64.7 Å². The van der Waals surface area contributed by atoms with Crippen molar-refractivity contribution in [3.8, 4) is 0 Å². The van der Waals surface area contributed by atoms with Crippen molar-refractivity contribution in [1.82, 2.24) is 15.5 Å². The number of carbonyl (C=O) groups excluding carboxylic acids is 3. The van der Waals surface area contributed by atoms with Crippen LogP contribution in [0.5, 0.6) is 0 Å². The molecular formula is C20H28BrN3O3. The van der Waals surface area contributed by atoms with Crippen molar-refractivity contribution in [2.45, 2.75) is 44.6 Å². The summed E-state index contributed by atoms with van der Waals surface area (Å²) < 4.78 is 0. The molecule has 0 saturated carbocycles. The van der Waals surface area contributed by atoms with E-state index in [-0.39, 0.29) is 28.7 Å². The molecule has 1 aliphatic rings. The Bertz CT molecular complexity index is 731. The normalized spacial score (nSPS) is 14.6. The van der Waals surface area contributed by atoms with Gasteiger partial charge in [-0.15, -0.1) is 0 Å². The number of benzene rings is 1. The van der Waals surface area contributed by atoms with Crippen LogP contribution in [0.25, 0.3) is 0 Å². The largest absolute Gasteiger partial charge is 0.337 e. The van der Waals surface area contributed by atoms with Crippen LogP contribution >= 0.6 is 15.9 Å². The molecule has 1 heterocycles. The van der Waals surface area contributed by atoms with E-state index in [1.165, 1.54) is 0 Å². The van der Waals surface area contributed by atoms with Crippen molar-refractivity contribution < 1.29 is 14.4 Å². The maximum atomic E-state index is 11.6. The average molecular weight is 438 g/mol. The lowest BCUT2D eigenvalue weighted by Crippen LogP contribution is -2.44. The summed E-state index contributed by atoms with van der Waals surface area (Å²) in [4.78, 5) is 36.2. The Hall–Kier alpha value is -1.99.